The number of amides is 3. The monoisotopic (exact) mass is 604 g/mol. The molecule has 0 spiro atoms. The number of hydrogen-bond acceptors (Lipinski definition) is 6. The van der Waals surface area contributed by atoms with E-state index in [2.05, 4.69) is 38.2 Å². The SMILES string of the molecule is C=CC[C@@](C)(NC(=O)C(C)C)C(=O)N[C@@H](CCCN/C(=N/C)NC)C(=O)N[C@@H](CC)C(=O)OC1CCCCCC2CC2C1. The summed E-state index contributed by atoms with van der Waals surface area (Å²) in [6, 6.07) is -1.76. The van der Waals surface area contributed by atoms with Gasteiger partial charge in [-0.3, -0.25) is 19.4 Å². The highest BCUT2D eigenvalue weighted by Crippen LogP contribution is 2.47. The van der Waals surface area contributed by atoms with E-state index in [9.17, 15) is 19.2 Å². The van der Waals surface area contributed by atoms with E-state index in [0.29, 0.717) is 37.7 Å². The molecule has 5 N–H and O–H groups in total. The van der Waals surface area contributed by atoms with Gasteiger partial charge in [0, 0.05) is 26.6 Å². The predicted octanol–water partition coefficient (Wildman–Crippen LogP) is 2.95. The lowest BCUT2D eigenvalue weighted by Gasteiger charge is -2.32. The van der Waals surface area contributed by atoms with Gasteiger partial charge in [-0.15, -0.1) is 6.58 Å². The first-order chi connectivity index (χ1) is 20.5. The van der Waals surface area contributed by atoms with Crippen molar-refractivity contribution < 1.29 is 23.9 Å². The van der Waals surface area contributed by atoms with Crippen LogP contribution < -0.4 is 26.6 Å². The predicted molar refractivity (Wildman–Crippen MR) is 169 cm³/mol. The van der Waals surface area contributed by atoms with Crippen molar-refractivity contribution in [3.05, 3.63) is 12.7 Å². The first kappa shape index (κ1) is 36.1. The maximum Gasteiger partial charge on any atom is 0.328 e. The first-order valence-electron chi connectivity index (χ1n) is 16.1. The second kappa shape index (κ2) is 17.9. The number of ether oxygens (including phenoxy) is 1. The highest BCUT2D eigenvalue weighted by Gasteiger charge is 2.40. The van der Waals surface area contributed by atoms with Gasteiger partial charge in [0.2, 0.25) is 17.7 Å². The maximum absolute atomic E-state index is 13.6. The summed E-state index contributed by atoms with van der Waals surface area (Å²) in [5.74, 6) is 0.0145. The third-order valence-corrected chi connectivity index (χ3v) is 8.55. The van der Waals surface area contributed by atoms with Crippen LogP contribution in [0, 0.1) is 17.8 Å². The normalized spacial score (nSPS) is 23.0. The van der Waals surface area contributed by atoms with E-state index in [-0.39, 0.29) is 24.3 Å². The minimum absolute atomic E-state index is 0.126. The summed E-state index contributed by atoms with van der Waals surface area (Å²) in [5, 5.41) is 14.6. The molecule has 2 fully saturated rings. The second-order valence-corrected chi connectivity index (χ2v) is 12.5. The minimum atomic E-state index is -1.30. The smallest absolute Gasteiger partial charge is 0.328 e. The summed E-state index contributed by atoms with van der Waals surface area (Å²) in [6.07, 6.45) is 10.5. The van der Waals surface area contributed by atoms with Gasteiger partial charge < -0.3 is 31.3 Å². The standard InChI is InChI=1S/C32H56N6O5/c1-8-17-32(5,38-27(39)21(3)4)30(42)37-26(16-13-18-35-31(33-6)34-7)28(40)36-25(9-2)29(41)43-24-15-12-10-11-14-22-19-23(22)20-24/h8,21-26H,1,9-20H2,2-7H3,(H,36,40)(H,37,42)(H,38,39)(H2,33,34,35)/t22?,23?,24?,25-,26-,32+/m0/s1. The molecule has 2 aliphatic rings. The molecule has 11 nitrogen and oxygen atoms in total. The fourth-order valence-electron chi connectivity index (χ4n) is 5.60. The lowest BCUT2D eigenvalue weighted by Crippen LogP contribution is -2.61. The van der Waals surface area contributed by atoms with Crippen LogP contribution in [0.5, 0.6) is 0 Å². The lowest BCUT2D eigenvalue weighted by molar-refractivity contribution is -0.154. The molecule has 43 heavy (non-hydrogen) atoms. The van der Waals surface area contributed by atoms with Gasteiger partial charge in [0.25, 0.3) is 0 Å². The fourth-order valence-corrected chi connectivity index (χ4v) is 5.60. The third kappa shape index (κ3) is 11.8. The molecule has 2 saturated carbocycles. The van der Waals surface area contributed by atoms with Gasteiger partial charge in [0.05, 0.1) is 0 Å². The summed E-state index contributed by atoms with van der Waals surface area (Å²) >= 11 is 0. The highest BCUT2D eigenvalue weighted by molar-refractivity contribution is 5.96. The van der Waals surface area contributed by atoms with Gasteiger partial charge in [-0.05, 0) is 70.1 Å². The molecule has 0 saturated heterocycles. The summed E-state index contributed by atoms with van der Waals surface area (Å²) < 4.78 is 5.97. The minimum Gasteiger partial charge on any atom is -0.461 e. The maximum atomic E-state index is 13.6. The molecule has 0 aromatic heterocycles. The van der Waals surface area contributed by atoms with Crippen LogP contribution in [0.3, 0.4) is 0 Å². The number of carbonyl (C=O) groups is 4. The third-order valence-electron chi connectivity index (χ3n) is 8.55. The zero-order valence-electron chi connectivity index (χ0n) is 27.2. The van der Waals surface area contributed by atoms with Gasteiger partial charge >= 0.3 is 5.97 Å². The van der Waals surface area contributed by atoms with Gasteiger partial charge in [-0.25, -0.2) is 4.79 Å². The van der Waals surface area contributed by atoms with Crippen LogP contribution in [0.2, 0.25) is 0 Å². The Bertz CT molecular complexity index is 985. The van der Waals surface area contributed by atoms with Crippen LogP contribution in [-0.4, -0.2) is 74.0 Å². The second-order valence-electron chi connectivity index (χ2n) is 12.5. The molecule has 0 aromatic carbocycles. The Morgan fingerprint density at radius 1 is 1.02 bits per heavy atom. The Labute approximate surface area is 258 Å². The number of fused-ring (bicyclic) bond motifs is 1. The van der Waals surface area contributed by atoms with Crippen LogP contribution in [0.15, 0.2) is 17.6 Å². The molecule has 244 valence electrons. The number of hydrogen-bond donors (Lipinski definition) is 5. The quantitative estimate of drug-likeness (QED) is 0.0634. The number of nitrogens with one attached hydrogen (secondary N) is 5. The Hall–Kier alpha value is -3.11. The van der Waals surface area contributed by atoms with Gasteiger partial charge in [-0.2, -0.15) is 0 Å². The van der Waals surface area contributed by atoms with Crippen LogP contribution in [0.1, 0.15) is 98.3 Å². The molecule has 0 aliphatic heterocycles. The van der Waals surface area contributed by atoms with Crippen molar-refractivity contribution in [2.45, 2.75) is 122 Å². The topological polar surface area (TPSA) is 150 Å². The first-order valence-corrected chi connectivity index (χ1v) is 16.1. The highest BCUT2D eigenvalue weighted by atomic mass is 16.5. The zero-order valence-corrected chi connectivity index (χ0v) is 27.2. The van der Waals surface area contributed by atoms with E-state index in [1.54, 1.807) is 40.9 Å². The molecule has 0 heterocycles. The van der Waals surface area contributed by atoms with E-state index >= 15 is 0 Å². The van der Waals surface area contributed by atoms with Crippen LogP contribution in [0.4, 0.5) is 0 Å². The van der Waals surface area contributed by atoms with Crippen LogP contribution in [0.25, 0.3) is 0 Å². The van der Waals surface area contributed by atoms with Crippen LogP contribution >= 0.6 is 0 Å². The average Bonchev–Trinajstić information content (AvgIpc) is 3.70. The molecule has 0 aromatic rings. The van der Waals surface area contributed by atoms with Crippen molar-refractivity contribution in [3.63, 3.8) is 0 Å². The molecular weight excluding hydrogens is 548 g/mol. The van der Waals surface area contributed by atoms with Crippen molar-refractivity contribution in [3.8, 4) is 0 Å². The molecule has 3 amide bonds. The van der Waals surface area contributed by atoms with Crippen molar-refractivity contribution in [1.29, 1.82) is 0 Å². The molecular formula is C32H56N6O5. The zero-order chi connectivity index (χ0) is 32.0. The molecule has 0 radical (unpaired) electrons. The van der Waals surface area contributed by atoms with Crippen molar-refractivity contribution in [1.82, 2.24) is 26.6 Å². The summed E-state index contributed by atoms with van der Waals surface area (Å²) in [7, 11) is 3.41. The van der Waals surface area contributed by atoms with Crippen LogP contribution in [-0.2, 0) is 23.9 Å². The molecule has 6 atom stereocenters. The Morgan fingerprint density at radius 3 is 2.37 bits per heavy atom. The van der Waals surface area contributed by atoms with Crippen molar-refractivity contribution in [2.24, 2.45) is 22.7 Å². The lowest BCUT2D eigenvalue weighted by atomic mass is 9.94. The van der Waals surface area contributed by atoms with E-state index in [4.69, 9.17) is 4.74 Å². The summed E-state index contributed by atoms with van der Waals surface area (Å²) in [5.41, 5.74) is -1.30. The van der Waals surface area contributed by atoms with Crippen molar-refractivity contribution >= 4 is 29.7 Å². The fraction of sp³-hybridized carbons (Fsp3) is 0.781. The van der Waals surface area contributed by atoms with Gasteiger partial charge in [0.1, 0.15) is 23.7 Å². The number of rotatable bonds is 15. The number of nitrogens with zero attached hydrogens (tertiary/aromatic N) is 1. The Kier molecular flexibility index (Phi) is 15.0. The van der Waals surface area contributed by atoms with E-state index in [1.165, 1.54) is 19.3 Å². The number of carbonyl (C=O) groups excluding carboxylic acids is 4. The number of guanidine groups is 1. The number of esters is 1. The van der Waals surface area contributed by atoms with E-state index in [0.717, 1.165) is 31.6 Å². The van der Waals surface area contributed by atoms with E-state index < -0.39 is 35.4 Å². The van der Waals surface area contributed by atoms with Crippen molar-refractivity contribution in [2.75, 3.05) is 20.6 Å². The number of aliphatic imine (C=N–C) groups is 1. The average molecular weight is 605 g/mol. The van der Waals surface area contributed by atoms with Gasteiger partial charge in [-0.1, -0.05) is 46.1 Å². The Morgan fingerprint density at radius 2 is 1.74 bits per heavy atom. The Balaban J connectivity index is 2.12. The molecule has 11 heteroatoms. The molecule has 2 rings (SSSR count). The summed E-state index contributed by atoms with van der Waals surface area (Å²) in [6.45, 7) is 11.2. The largest absolute Gasteiger partial charge is 0.461 e. The van der Waals surface area contributed by atoms with Gasteiger partial charge in [0.15, 0.2) is 5.96 Å². The summed E-state index contributed by atoms with van der Waals surface area (Å²) in [4.78, 5) is 57.0. The molecule has 0 bridgehead atoms. The molecule has 3 unspecified atom stereocenters. The van der Waals surface area contributed by atoms with E-state index in [1.807, 2.05) is 6.92 Å². The molecule has 2 aliphatic carbocycles.